The van der Waals surface area contributed by atoms with Gasteiger partial charge in [0.05, 0.1) is 5.41 Å². The van der Waals surface area contributed by atoms with E-state index in [0.717, 1.165) is 30.8 Å². The monoisotopic (exact) mass is 288 g/mol. The number of nitrogens with one attached hydrogen (secondary N) is 2. The van der Waals surface area contributed by atoms with Crippen molar-refractivity contribution in [3.8, 4) is 0 Å². The van der Waals surface area contributed by atoms with Crippen LogP contribution in [-0.2, 0) is 4.79 Å². The molecule has 0 aromatic heterocycles. The highest BCUT2D eigenvalue weighted by atomic mass is 35.5. The lowest BCUT2D eigenvalue weighted by Crippen LogP contribution is -2.35. The van der Waals surface area contributed by atoms with Crippen LogP contribution in [0, 0.1) is 12.3 Å². The summed E-state index contributed by atoms with van der Waals surface area (Å²) in [6.07, 6.45) is 0.873. The van der Waals surface area contributed by atoms with Crippen molar-refractivity contribution in [2.24, 2.45) is 5.41 Å². The number of aryl methyl sites for hydroxylation is 1. The van der Waals surface area contributed by atoms with E-state index in [9.17, 15) is 4.79 Å². The molecule has 1 heterocycles. The molecule has 5 heteroatoms. The smallest absolute Gasteiger partial charge is 0.231 e. The van der Waals surface area contributed by atoms with Crippen LogP contribution < -0.4 is 10.6 Å². The first-order valence-electron chi connectivity index (χ1n) is 5.80. The number of carbonyl (C=O) groups excluding carboxylic acids is 1. The Kier molecular flexibility index (Phi) is 5.02. The fourth-order valence-electron chi connectivity index (χ4n) is 2.01. The molecule has 2 rings (SSSR count). The number of amides is 1. The number of benzene rings is 1. The van der Waals surface area contributed by atoms with Crippen molar-refractivity contribution in [1.82, 2.24) is 5.32 Å². The van der Waals surface area contributed by atoms with E-state index in [-0.39, 0.29) is 23.7 Å². The van der Waals surface area contributed by atoms with Crippen LogP contribution in [0.2, 0.25) is 5.02 Å². The van der Waals surface area contributed by atoms with Gasteiger partial charge in [-0.25, -0.2) is 0 Å². The van der Waals surface area contributed by atoms with Crippen molar-refractivity contribution in [3.63, 3.8) is 0 Å². The summed E-state index contributed by atoms with van der Waals surface area (Å²) in [7, 11) is 0. The summed E-state index contributed by atoms with van der Waals surface area (Å²) in [4.78, 5) is 12.2. The maximum absolute atomic E-state index is 12.2. The first-order valence-corrected chi connectivity index (χ1v) is 6.17. The van der Waals surface area contributed by atoms with Crippen LogP contribution in [0.1, 0.15) is 18.9 Å². The van der Waals surface area contributed by atoms with Gasteiger partial charge in [-0.1, -0.05) is 17.7 Å². The summed E-state index contributed by atoms with van der Waals surface area (Å²) >= 11 is 5.93. The second-order valence-corrected chi connectivity index (χ2v) is 5.34. The fraction of sp³-hybridized carbons (Fsp3) is 0.462. The Balaban J connectivity index is 0.00000162. The van der Waals surface area contributed by atoms with Crippen molar-refractivity contribution in [2.45, 2.75) is 20.3 Å². The molecule has 0 radical (unpaired) electrons. The lowest BCUT2D eigenvalue weighted by molar-refractivity contribution is -0.123. The van der Waals surface area contributed by atoms with Gasteiger partial charge in [0, 0.05) is 17.3 Å². The highest BCUT2D eigenvalue weighted by molar-refractivity contribution is 6.31. The van der Waals surface area contributed by atoms with Crippen molar-refractivity contribution in [2.75, 3.05) is 18.4 Å². The molecule has 0 spiro atoms. The molecule has 0 bridgehead atoms. The summed E-state index contributed by atoms with van der Waals surface area (Å²) < 4.78 is 0. The van der Waals surface area contributed by atoms with E-state index in [4.69, 9.17) is 11.6 Å². The first-order chi connectivity index (χ1) is 8.01. The fourth-order valence-corrected chi connectivity index (χ4v) is 2.18. The highest BCUT2D eigenvalue weighted by Gasteiger charge is 2.36. The number of hydrogen-bond acceptors (Lipinski definition) is 2. The van der Waals surface area contributed by atoms with Crippen LogP contribution in [-0.4, -0.2) is 19.0 Å². The van der Waals surface area contributed by atoms with Gasteiger partial charge in [0.15, 0.2) is 0 Å². The lowest BCUT2D eigenvalue weighted by atomic mass is 9.88. The summed E-state index contributed by atoms with van der Waals surface area (Å²) in [6, 6.07) is 5.53. The molecule has 1 saturated heterocycles. The third kappa shape index (κ3) is 3.16. The van der Waals surface area contributed by atoms with E-state index >= 15 is 0 Å². The minimum atomic E-state index is -0.311. The molecule has 1 aromatic rings. The molecule has 1 amide bonds. The summed E-state index contributed by atoms with van der Waals surface area (Å²) in [6.45, 7) is 5.58. The Labute approximate surface area is 119 Å². The van der Waals surface area contributed by atoms with Gasteiger partial charge >= 0.3 is 0 Å². The normalized spacial score (nSPS) is 22.4. The molecule has 3 nitrogen and oxygen atoms in total. The standard InChI is InChI=1S/C13H17ClN2O.ClH/c1-9-3-4-10(14)7-11(9)16-12(17)13(2)5-6-15-8-13;/h3-4,7,15H,5-6,8H2,1-2H3,(H,16,17);1H. The Bertz CT molecular complexity index is 443. The van der Waals surface area contributed by atoms with Crippen molar-refractivity contribution < 1.29 is 4.79 Å². The minimum absolute atomic E-state index is 0. The van der Waals surface area contributed by atoms with Gasteiger partial charge in [-0.05, 0) is 44.5 Å². The van der Waals surface area contributed by atoms with Crippen LogP contribution >= 0.6 is 24.0 Å². The van der Waals surface area contributed by atoms with Crippen molar-refractivity contribution in [1.29, 1.82) is 0 Å². The average Bonchev–Trinajstić information content (AvgIpc) is 2.72. The maximum Gasteiger partial charge on any atom is 0.231 e. The van der Waals surface area contributed by atoms with E-state index < -0.39 is 0 Å². The van der Waals surface area contributed by atoms with E-state index in [1.54, 1.807) is 6.07 Å². The van der Waals surface area contributed by atoms with Gasteiger partial charge < -0.3 is 10.6 Å². The zero-order valence-electron chi connectivity index (χ0n) is 10.5. The Morgan fingerprint density at radius 2 is 2.22 bits per heavy atom. The predicted octanol–water partition coefficient (Wildman–Crippen LogP) is 3.01. The van der Waals surface area contributed by atoms with E-state index in [2.05, 4.69) is 10.6 Å². The molecule has 1 fully saturated rings. The van der Waals surface area contributed by atoms with Crippen LogP contribution in [0.5, 0.6) is 0 Å². The van der Waals surface area contributed by atoms with E-state index in [1.807, 2.05) is 26.0 Å². The molecule has 1 aromatic carbocycles. The largest absolute Gasteiger partial charge is 0.325 e. The number of carbonyl (C=O) groups is 1. The molecule has 2 N–H and O–H groups in total. The second kappa shape index (κ2) is 5.91. The molecular weight excluding hydrogens is 271 g/mol. The molecular formula is C13H18Cl2N2O. The Morgan fingerprint density at radius 3 is 2.83 bits per heavy atom. The van der Waals surface area contributed by atoms with Gasteiger partial charge in [0.2, 0.25) is 5.91 Å². The molecule has 0 saturated carbocycles. The second-order valence-electron chi connectivity index (χ2n) is 4.90. The number of halogens is 2. The van der Waals surface area contributed by atoms with E-state index in [1.165, 1.54) is 0 Å². The molecule has 100 valence electrons. The van der Waals surface area contributed by atoms with E-state index in [0.29, 0.717) is 5.02 Å². The van der Waals surface area contributed by atoms with Crippen LogP contribution in [0.4, 0.5) is 5.69 Å². The predicted molar refractivity (Wildman–Crippen MR) is 77.7 cm³/mol. The molecule has 0 aliphatic carbocycles. The summed E-state index contributed by atoms with van der Waals surface area (Å²) in [5, 5.41) is 6.83. The Morgan fingerprint density at radius 1 is 1.50 bits per heavy atom. The van der Waals surface area contributed by atoms with Gasteiger partial charge in [-0.3, -0.25) is 4.79 Å². The third-order valence-electron chi connectivity index (χ3n) is 3.36. The lowest BCUT2D eigenvalue weighted by Gasteiger charge is -2.22. The van der Waals surface area contributed by atoms with Crippen LogP contribution in [0.15, 0.2) is 18.2 Å². The van der Waals surface area contributed by atoms with Gasteiger partial charge in [0.25, 0.3) is 0 Å². The zero-order chi connectivity index (χ0) is 12.5. The summed E-state index contributed by atoms with van der Waals surface area (Å²) in [5.74, 6) is 0.0628. The molecule has 1 atom stereocenters. The van der Waals surface area contributed by atoms with Gasteiger partial charge in [-0.2, -0.15) is 0 Å². The third-order valence-corrected chi connectivity index (χ3v) is 3.60. The topological polar surface area (TPSA) is 41.1 Å². The summed E-state index contributed by atoms with van der Waals surface area (Å²) in [5.41, 5.74) is 1.52. The highest BCUT2D eigenvalue weighted by Crippen LogP contribution is 2.28. The zero-order valence-corrected chi connectivity index (χ0v) is 12.1. The molecule has 1 unspecified atom stereocenters. The minimum Gasteiger partial charge on any atom is -0.325 e. The average molecular weight is 289 g/mol. The van der Waals surface area contributed by atoms with Crippen LogP contribution in [0.3, 0.4) is 0 Å². The van der Waals surface area contributed by atoms with Gasteiger partial charge in [0.1, 0.15) is 0 Å². The van der Waals surface area contributed by atoms with Crippen molar-refractivity contribution >= 4 is 35.6 Å². The molecule has 1 aliphatic heterocycles. The Hall–Kier alpha value is -0.770. The number of rotatable bonds is 2. The maximum atomic E-state index is 12.2. The quantitative estimate of drug-likeness (QED) is 0.878. The van der Waals surface area contributed by atoms with Crippen molar-refractivity contribution in [3.05, 3.63) is 28.8 Å². The first kappa shape index (κ1) is 15.3. The molecule has 18 heavy (non-hydrogen) atoms. The van der Waals surface area contributed by atoms with Crippen LogP contribution in [0.25, 0.3) is 0 Å². The molecule has 1 aliphatic rings. The number of hydrogen-bond donors (Lipinski definition) is 2. The van der Waals surface area contributed by atoms with Gasteiger partial charge in [-0.15, -0.1) is 12.4 Å². The SMILES string of the molecule is Cc1ccc(Cl)cc1NC(=O)C1(C)CCNC1.Cl. The number of anilines is 1.